The summed E-state index contributed by atoms with van der Waals surface area (Å²) in [5.74, 6) is -0.201. The molecule has 2 heterocycles. The van der Waals surface area contributed by atoms with Crippen molar-refractivity contribution in [1.82, 2.24) is 15.0 Å². The molecule has 2 amide bonds. The van der Waals surface area contributed by atoms with Crippen molar-refractivity contribution < 1.29 is 14.3 Å². The number of rotatable bonds is 6. The number of amides is 2. The maximum absolute atomic E-state index is 12.3. The summed E-state index contributed by atoms with van der Waals surface area (Å²) in [4.78, 5) is 36.3. The van der Waals surface area contributed by atoms with Crippen molar-refractivity contribution in [1.29, 1.82) is 0 Å². The summed E-state index contributed by atoms with van der Waals surface area (Å²) in [6, 6.07) is 4.94. The molecule has 2 N–H and O–H groups in total. The average molecular weight is 404 g/mol. The normalized spacial score (nSPS) is 10.3. The summed E-state index contributed by atoms with van der Waals surface area (Å²) in [5.41, 5.74) is 1.18. The summed E-state index contributed by atoms with van der Waals surface area (Å²) in [7, 11) is 1.51. The molecule has 1 aromatic carbocycles. The highest BCUT2D eigenvalue weighted by Gasteiger charge is 2.13. The molecule has 0 unspecified atom stereocenters. The van der Waals surface area contributed by atoms with Gasteiger partial charge >= 0.3 is 0 Å². The molecule has 0 aliphatic carbocycles. The van der Waals surface area contributed by atoms with E-state index in [0.29, 0.717) is 27.3 Å². The number of halogens is 1. The maximum Gasteiger partial charge on any atom is 0.277 e. The Balaban J connectivity index is 1.61. The van der Waals surface area contributed by atoms with Crippen LogP contribution in [0.5, 0.6) is 5.75 Å². The SMILES string of the molecule is COc1ccc(Cl)cc1NC(=O)Cc1csc(NC(=O)c2cnccn2)n1. The van der Waals surface area contributed by atoms with Gasteiger partial charge in [0.15, 0.2) is 5.13 Å². The van der Waals surface area contributed by atoms with Gasteiger partial charge in [0.05, 0.1) is 31.1 Å². The van der Waals surface area contributed by atoms with E-state index in [1.165, 1.54) is 37.0 Å². The Labute approximate surface area is 163 Å². The molecular formula is C17H14ClN5O3S. The number of benzene rings is 1. The molecule has 10 heteroatoms. The number of hydrogen-bond acceptors (Lipinski definition) is 7. The van der Waals surface area contributed by atoms with E-state index in [-0.39, 0.29) is 18.0 Å². The number of anilines is 2. The molecule has 0 saturated carbocycles. The van der Waals surface area contributed by atoms with Gasteiger partial charge in [0.2, 0.25) is 5.91 Å². The molecule has 0 spiro atoms. The van der Waals surface area contributed by atoms with Crippen LogP contribution < -0.4 is 15.4 Å². The van der Waals surface area contributed by atoms with Gasteiger partial charge in [0.25, 0.3) is 5.91 Å². The first kappa shape index (κ1) is 18.7. The number of aromatic nitrogens is 3. The van der Waals surface area contributed by atoms with E-state index < -0.39 is 5.91 Å². The first-order chi connectivity index (χ1) is 13.0. The van der Waals surface area contributed by atoms with Gasteiger partial charge in [0.1, 0.15) is 11.4 Å². The van der Waals surface area contributed by atoms with Gasteiger partial charge in [-0.25, -0.2) is 9.97 Å². The molecule has 0 bridgehead atoms. The fourth-order valence-corrected chi connectivity index (χ4v) is 3.04. The molecule has 3 aromatic rings. The third kappa shape index (κ3) is 4.99. The van der Waals surface area contributed by atoms with Crippen molar-refractivity contribution in [3.63, 3.8) is 0 Å². The number of carbonyl (C=O) groups is 2. The van der Waals surface area contributed by atoms with Crippen LogP contribution in [0.15, 0.2) is 42.2 Å². The summed E-state index contributed by atoms with van der Waals surface area (Å²) in [5, 5.41) is 7.91. The minimum Gasteiger partial charge on any atom is -0.495 e. The number of carbonyl (C=O) groups excluding carboxylic acids is 2. The van der Waals surface area contributed by atoms with Crippen LogP contribution in [0.25, 0.3) is 0 Å². The maximum atomic E-state index is 12.3. The molecule has 27 heavy (non-hydrogen) atoms. The molecule has 0 radical (unpaired) electrons. The van der Waals surface area contributed by atoms with Crippen LogP contribution in [0.2, 0.25) is 5.02 Å². The molecule has 2 aromatic heterocycles. The molecular weight excluding hydrogens is 390 g/mol. The second-order valence-corrected chi connectivity index (χ2v) is 6.55. The van der Waals surface area contributed by atoms with Crippen LogP contribution in [-0.2, 0) is 11.2 Å². The molecule has 0 aliphatic rings. The summed E-state index contributed by atoms with van der Waals surface area (Å²) in [6.07, 6.45) is 4.30. The van der Waals surface area contributed by atoms with E-state index in [9.17, 15) is 9.59 Å². The second-order valence-electron chi connectivity index (χ2n) is 5.26. The molecule has 0 aliphatic heterocycles. The highest BCUT2D eigenvalue weighted by molar-refractivity contribution is 7.14. The lowest BCUT2D eigenvalue weighted by Gasteiger charge is -2.10. The predicted molar refractivity (Wildman–Crippen MR) is 102 cm³/mol. The first-order valence-corrected chi connectivity index (χ1v) is 8.96. The molecule has 8 nitrogen and oxygen atoms in total. The van der Waals surface area contributed by atoms with Crippen LogP contribution in [0, 0.1) is 0 Å². The first-order valence-electron chi connectivity index (χ1n) is 7.70. The minimum absolute atomic E-state index is 0.0349. The van der Waals surface area contributed by atoms with Gasteiger partial charge in [-0.1, -0.05) is 11.6 Å². The number of methoxy groups -OCH3 is 1. The molecule has 0 saturated heterocycles. The zero-order valence-electron chi connectivity index (χ0n) is 14.1. The zero-order chi connectivity index (χ0) is 19.2. The average Bonchev–Trinajstić information content (AvgIpc) is 3.09. The lowest BCUT2D eigenvalue weighted by molar-refractivity contribution is -0.115. The minimum atomic E-state index is -0.419. The Morgan fingerprint density at radius 3 is 2.85 bits per heavy atom. The topological polar surface area (TPSA) is 106 Å². The number of thiazole rings is 1. The van der Waals surface area contributed by atoms with E-state index in [1.54, 1.807) is 23.6 Å². The van der Waals surface area contributed by atoms with Crippen molar-refractivity contribution >= 4 is 45.6 Å². The van der Waals surface area contributed by atoms with Gasteiger partial charge in [-0.2, -0.15) is 0 Å². The Morgan fingerprint density at radius 1 is 1.26 bits per heavy atom. The number of ether oxygens (including phenoxy) is 1. The van der Waals surface area contributed by atoms with Gasteiger partial charge in [-0.3, -0.25) is 19.9 Å². The smallest absolute Gasteiger partial charge is 0.277 e. The summed E-state index contributed by atoms with van der Waals surface area (Å²) >= 11 is 7.17. The van der Waals surface area contributed by atoms with Gasteiger partial charge in [-0.05, 0) is 18.2 Å². The lowest BCUT2D eigenvalue weighted by Crippen LogP contribution is -2.16. The van der Waals surface area contributed by atoms with Crippen molar-refractivity contribution in [3.05, 3.63) is 58.6 Å². The lowest BCUT2D eigenvalue weighted by atomic mass is 10.2. The van der Waals surface area contributed by atoms with E-state index in [4.69, 9.17) is 16.3 Å². The van der Waals surface area contributed by atoms with Gasteiger partial charge in [0, 0.05) is 22.8 Å². The highest BCUT2D eigenvalue weighted by Crippen LogP contribution is 2.28. The Hall–Kier alpha value is -3.04. The predicted octanol–water partition coefficient (Wildman–Crippen LogP) is 3.03. The second kappa shape index (κ2) is 8.56. The largest absolute Gasteiger partial charge is 0.495 e. The number of hydrogen-bond donors (Lipinski definition) is 2. The van der Waals surface area contributed by atoms with Crippen LogP contribution >= 0.6 is 22.9 Å². The van der Waals surface area contributed by atoms with Gasteiger partial charge < -0.3 is 10.1 Å². The van der Waals surface area contributed by atoms with E-state index in [2.05, 4.69) is 25.6 Å². The summed E-state index contributed by atoms with van der Waals surface area (Å²) in [6.45, 7) is 0. The number of nitrogens with one attached hydrogen (secondary N) is 2. The van der Waals surface area contributed by atoms with E-state index in [0.717, 1.165) is 0 Å². The van der Waals surface area contributed by atoms with E-state index >= 15 is 0 Å². The van der Waals surface area contributed by atoms with Crippen molar-refractivity contribution in [2.45, 2.75) is 6.42 Å². The van der Waals surface area contributed by atoms with Crippen LogP contribution in [0.4, 0.5) is 10.8 Å². The third-order valence-corrected chi connectivity index (χ3v) is 4.39. The van der Waals surface area contributed by atoms with Crippen molar-refractivity contribution in [2.24, 2.45) is 0 Å². The Bertz CT molecular complexity index is 964. The quantitative estimate of drug-likeness (QED) is 0.655. The van der Waals surface area contributed by atoms with Crippen molar-refractivity contribution in [3.8, 4) is 5.75 Å². The summed E-state index contributed by atoms with van der Waals surface area (Å²) < 4.78 is 5.20. The van der Waals surface area contributed by atoms with Crippen molar-refractivity contribution in [2.75, 3.05) is 17.7 Å². The van der Waals surface area contributed by atoms with Crippen LogP contribution in [-0.4, -0.2) is 33.9 Å². The number of nitrogens with zero attached hydrogens (tertiary/aromatic N) is 3. The Kier molecular flexibility index (Phi) is 5.94. The van der Waals surface area contributed by atoms with Crippen LogP contribution in [0.3, 0.4) is 0 Å². The highest BCUT2D eigenvalue weighted by atomic mass is 35.5. The molecule has 3 rings (SSSR count). The standard InChI is InChI=1S/C17H14ClN5O3S/c1-26-14-3-2-10(18)6-12(14)22-15(24)7-11-9-27-17(21-11)23-16(25)13-8-19-4-5-20-13/h2-6,8-9H,7H2,1H3,(H,22,24)(H,21,23,25). The third-order valence-electron chi connectivity index (χ3n) is 3.35. The molecule has 0 fully saturated rings. The zero-order valence-corrected chi connectivity index (χ0v) is 15.7. The Morgan fingerprint density at radius 2 is 2.11 bits per heavy atom. The molecule has 138 valence electrons. The molecule has 0 atom stereocenters. The van der Waals surface area contributed by atoms with Crippen LogP contribution in [0.1, 0.15) is 16.2 Å². The van der Waals surface area contributed by atoms with E-state index in [1.807, 2.05) is 0 Å². The van der Waals surface area contributed by atoms with Gasteiger partial charge in [-0.15, -0.1) is 11.3 Å². The monoisotopic (exact) mass is 403 g/mol. The fraction of sp³-hybridized carbons (Fsp3) is 0.118. The fourth-order valence-electron chi connectivity index (χ4n) is 2.16.